The molecule has 7 heteroatoms. The highest BCUT2D eigenvalue weighted by Crippen LogP contribution is 2.35. The molecule has 0 spiro atoms. The molecule has 1 saturated carbocycles. The molecular formula is C25H32FN3O3. The fourth-order valence-corrected chi connectivity index (χ4v) is 4.25. The van der Waals surface area contributed by atoms with Gasteiger partial charge in [-0.25, -0.2) is 4.39 Å². The van der Waals surface area contributed by atoms with Crippen molar-refractivity contribution in [2.75, 3.05) is 20.2 Å². The van der Waals surface area contributed by atoms with Crippen molar-refractivity contribution in [3.8, 4) is 5.75 Å². The molecule has 0 aliphatic heterocycles. The van der Waals surface area contributed by atoms with Crippen molar-refractivity contribution in [2.45, 2.75) is 51.1 Å². The molecule has 3 N–H and O–H groups in total. The van der Waals surface area contributed by atoms with Gasteiger partial charge >= 0.3 is 0 Å². The summed E-state index contributed by atoms with van der Waals surface area (Å²) in [7, 11) is 1.47. The molecule has 6 nitrogen and oxygen atoms in total. The Balaban J connectivity index is 1.50. The molecule has 0 heterocycles. The van der Waals surface area contributed by atoms with Gasteiger partial charge in [0, 0.05) is 37.7 Å². The highest BCUT2D eigenvalue weighted by atomic mass is 19.1. The van der Waals surface area contributed by atoms with Crippen molar-refractivity contribution in [2.24, 2.45) is 0 Å². The van der Waals surface area contributed by atoms with E-state index in [1.165, 1.54) is 25.7 Å². The molecule has 0 aromatic heterocycles. The van der Waals surface area contributed by atoms with Gasteiger partial charge in [0.2, 0.25) is 5.91 Å². The van der Waals surface area contributed by atoms with Crippen LogP contribution in [0.15, 0.2) is 42.5 Å². The zero-order valence-corrected chi connectivity index (χ0v) is 18.9. The predicted octanol–water partition coefficient (Wildman–Crippen LogP) is 3.69. The Morgan fingerprint density at radius 2 is 1.81 bits per heavy atom. The molecular weight excluding hydrogens is 409 g/mol. The van der Waals surface area contributed by atoms with Gasteiger partial charge in [-0.05, 0) is 67.5 Å². The van der Waals surface area contributed by atoms with Crippen LogP contribution in [0.25, 0.3) is 0 Å². The molecule has 1 fully saturated rings. The van der Waals surface area contributed by atoms with Gasteiger partial charge in [-0.15, -0.1) is 0 Å². The number of carbonyl (C=O) groups excluding carboxylic acids is 2. The van der Waals surface area contributed by atoms with E-state index in [4.69, 9.17) is 4.74 Å². The summed E-state index contributed by atoms with van der Waals surface area (Å²) in [5.41, 5.74) is 2.85. The maximum Gasteiger partial charge on any atom is 0.251 e. The summed E-state index contributed by atoms with van der Waals surface area (Å²) in [5.74, 6) is 0.101. The van der Waals surface area contributed by atoms with E-state index >= 15 is 0 Å². The second-order valence-corrected chi connectivity index (χ2v) is 8.35. The van der Waals surface area contributed by atoms with Crippen LogP contribution in [0.2, 0.25) is 0 Å². The first-order chi connectivity index (χ1) is 15.4. The lowest BCUT2D eigenvalue weighted by atomic mass is 9.96. The van der Waals surface area contributed by atoms with Crippen LogP contribution in [-0.4, -0.2) is 38.1 Å². The quantitative estimate of drug-likeness (QED) is 0.519. The van der Waals surface area contributed by atoms with Crippen LogP contribution in [0.5, 0.6) is 5.75 Å². The van der Waals surface area contributed by atoms with E-state index in [2.05, 4.69) is 22.9 Å². The number of nitrogens with one attached hydrogen (secondary N) is 3. The van der Waals surface area contributed by atoms with Crippen LogP contribution in [0.1, 0.15) is 66.6 Å². The third-order valence-electron chi connectivity index (χ3n) is 6.02. The fraction of sp³-hybridized carbons (Fsp3) is 0.440. The predicted molar refractivity (Wildman–Crippen MR) is 122 cm³/mol. The minimum absolute atomic E-state index is 0.0943. The number of benzene rings is 2. The second kappa shape index (κ2) is 11.1. The Hall–Kier alpha value is -2.93. The number of hydrogen-bond donors (Lipinski definition) is 3. The first kappa shape index (κ1) is 23.7. The van der Waals surface area contributed by atoms with Crippen molar-refractivity contribution in [3.63, 3.8) is 0 Å². The molecule has 0 unspecified atom stereocenters. The van der Waals surface area contributed by atoms with Gasteiger partial charge in [-0.2, -0.15) is 0 Å². The minimum Gasteiger partial charge on any atom is -0.494 e. The molecule has 2 aromatic carbocycles. The van der Waals surface area contributed by atoms with E-state index in [1.807, 2.05) is 24.3 Å². The molecule has 0 radical (unpaired) electrons. The van der Waals surface area contributed by atoms with Gasteiger partial charge < -0.3 is 20.7 Å². The smallest absolute Gasteiger partial charge is 0.251 e. The molecule has 0 saturated heterocycles. The Labute approximate surface area is 188 Å². The molecule has 1 aliphatic rings. The van der Waals surface area contributed by atoms with Gasteiger partial charge in [0.1, 0.15) is 0 Å². The van der Waals surface area contributed by atoms with Crippen LogP contribution in [0, 0.1) is 5.82 Å². The largest absolute Gasteiger partial charge is 0.494 e. The fourth-order valence-electron chi connectivity index (χ4n) is 4.25. The Bertz CT molecular complexity index is 933. The topological polar surface area (TPSA) is 79.5 Å². The van der Waals surface area contributed by atoms with Crippen LogP contribution < -0.4 is 20.7 Å². The average molecular weight is 442 g/mol. The van der Waals surface area contributed by atoms with Gasteiger partial charge in [-0.3, -0.25) is 9.59 Å². The van der Waals surface area contributed by atoms with E-state index in [0.29, 0.717) is 30.6 Å². The molecule has 172 valence electrons. The summed E-state index contributed by atoms with van der Waals surface area (Å²) >= 11 is 0. The summed E-state index contributed by atoms with van der Waals surface area (Å²) in [4.78, 5) is 23.1. The lowest BCUT2D eigenvalue weighted by Crippen LogP contribution is -2.33. The van der Waals surface area contributed by atoms with E-state index in [0.717, 1.165) is 24.8 Å². The van der Waals surface area contributed by atoms with Crippen LogP contribution >= 0.6 is 0 Å². The van der Waals surface area contributed by atoms with Crippen LogP contribution in [0.3, 0.4) is 0 Å². The van der Waals surface area contributed by atoms with Gasteiger partial charge in [-0.1, -0.05) is 18.2 Å². The summed E-state index contributed by atoms with van der Waals surface area (Å²) in [6.45, 7) is 4.34. The third-order valence-corrected chi connectivity index (χ3v) is 6.02. The zero-order chi connectivity index (χ0) is 23.1. The first-order valence-corrected chi connectivity index (χ1v) is 11.1. The number of methoxy groups -OCH3 is 1. The van der Waals surface area contributed by atoms with Crippen LogP contribution in [-0.2, 0) is 4.79 Å². The molecule has 1 aliphatic carbocycles. The van der Waals surface area contributed by atoms with Crippen molar-refractivity contribution in [1.29, 1.82) is 0 Å². The second-order valence-electron chi connectivity index (χ2n) is 8.35. The Kier molecular flexibility index (Phi) is 8.22. The molecule has 0 bridgehead atoms. The van der Waals surface area contributed by atoms with Gasteiger partial charge in [0.15, 0.2) is 11.6 Å². The standard InChI is InChI=1S/C25H32FN3O3/c1-16(20-9-11-23(26)24(15-20)32-3)29-22-10-8-21(14-22)18-4-6-19(7-5-18)25(31)28-13-12-27-17(2)30/h4-7,9,11,15-16,21-22,29H,8,10,12-14H2,1-3H3,(H,27,30)(H,28,31)/t16-,21-,22+/m1/s1. The van der Waals surface area contributed by atoms with Crippen molar-refractivity contribution >= 4 is 11.8 Å². The lowest BCUT2D eigenvalue weighted by Gasteiger charge is -2.21. The summed E-state index contributed by atoms with van der Waals surface area (Å²) in [6, 6.07) is 13.2. The highest BCUT2D eigenvalue weighted by Gasteiger charge is 2.27. The molecule has 2 aromatic rings. The molecule has 3 atom stereocenters. The zero-order valence-electron chi connectivity index (χ0n) is 18.9. The number of hydrogen-bond acceptors (Lipinski definition) is 4. The van der Waals surface area contributed by atoms with E-state index in [-0.39, 0.29) is 29.4 Å². The van der Waals surface area contributed by atoms with Crippen LogP contribution in [0.4, 0.5) is 4.39 Å². The Morgan fingerprint density at radius 1 is 1.09 bits per heavy atom. The van der Waals surface area contributed by atoms with Crippen molar-refractivity contribution in [1.82, 2.24) is 16.0 Å². The number of halogens is 1. The number of carbonyl (C=O) groups is 2. The van der Waals surface area contributed by atoms with E-state index in [9.17, 15) is 14.0 Å². The SMILES string of the molecule is COc1cc([C@@H](C)N[C@H]2CC[C@@H](c3ccc(C(=O)NCCNC(C)=O)cc3)C2)ccc1F. The normalized spacial score (nSPS) is 18.8. The number of amides is 2. The van der Waals surface area contributed by atoms with Gasteiger partial charge in [0.25, 0.3) is 5.91 Å². The van der Waals surface area contributed by atoms with Gasteiger partial charge in [0.05, 0.1) is 7.11 Å². The molecule has 3 rings (SSSR count). The maximum atomic E-state index is 13.7. The summed E-state index contributed by atoms with van der Waals surface area (Å²) in [5, 5.41) is 9.11. The molecule has 2 amide bonds. The summed E-state index contributed by atoms with van der Waals surface area (Å²) < 4.78 is 18.8. The number of ether oxygens (including phenoxy) is 1. The summed E-state index contributed by atoms with van der Waals surface area (Å²) in [6.07, 6.45) is 3.17. The highest BCUT2D eigenvalue weighted by molar-refractivity contribution is 5.94. The monoisotopic (exact) mass is 441 g/mol. The molecule has 32 heavy (non-hydrogen) atoms. The third kappa shape index (κ3) is 6.29. The Morgan fingerprint density at radius 3 is 2.50 bits per heavy atom. The van der Waals surface area contributed by atoms with Crippen molar-refractivity contribution in [3.05, 3.63) is 65.0 Å². The van der Waals surface area contributed by atoms with E-state index < -0.39 is 0 Å². The number of rotatable bonds is 9. The lowest BCUT2D eigenvalue weighted by molar-refractivity contribution is -0.118. The minimum atomic E-state index is -0.353. The first-order valence-electron chi connectivity index (χ1n) is 11.1. The van der Waals surface area contributed by atoms with Crippen molar-refractivity contribution < 1.29 is 18.7 Å². The average Bonchev–Trinajstić information content (AvgIpc) is 3.25. The van der Waals surface area contributed by atoms with E-state index in [1.54, 1.807) is 12.1 Å². The maximum absolute atomic E-state index is 13.7.